The Labute approximate surface area is 141 Å². The van der Waals surface area contributed by atoms with Gasteiger partial charge in [-0.3, -0.25) is 0 Å². The molecule has 2 aromatic rings. The first kappa shape index (κ1) is 17.2. The predicted molar refractivity (Wildman–Crippen MR) is 93.3 cm³/mol. The van der Waals surface area contributed by atoms with Crippen LogP contribution in [-0.2, 0) is 14.3 Å². The van der Waals surface area contributed by atoms with Gasteiger partial charge in [-0.15, -0.1) is 0 Å². The van der Waals surface area contributed by atoms with E-state index in [0.29, 0.717) is 5.56 Å². The molecule has 2 rings (SSSR count). The third-order valence-electron chi connectivity index (χ3n) is 3.18. The molecule has 0 atom stereocenters. The van der Waals surface area contributed by atoms with E-state index in [-0.39, 0.29) is 6.61 Å². The molecule has 0 aromatic heterocycles. The summed E-state index contributed by atoms with van der Waals surface area (Å²) in [6, 6.07) is 16.5. The van der Waals surface area contributed by atoms with Gasteiger partial charge in [0.25, 0.3) is 0 Å². The second-order valence-electron chi connectivity index (χ2n) is 4.89. The van der Waals surface area contributed by atoms with Gasteiger partial charge in [-0.2, -0.15) is 0 Å². The number of methoxy groups -OCH3 is 1. The molecule has 0 saturated heterocycles. The van der Waals surface area contributed by atoms with Crippen molar-refractivity contribution in [3.63, 3.8) is 0 Å². The van der Waals surface area contributed by atoms with Gasteiger partial charge < -0.3 is 9.47 Å². The standard InChI is InChI=1S/C20H18O4/c1-23-20(22)18-12-9-17(10-13-18)11-14-19(21)24-15-5-8-16-6-3-2-4-7-16/h2-14H,15H2,1H3/b8-5+,14-11+. The minimum Gasteiger partial charge on any atom is -0.465 e. The van der Waals surface area contributed by atoms with Crippen molar-refractivity contribution in [2.24, 2.45) is 0 Å². The Bertz CT molecular complexity index is 728. The Morgan fingerprint density at radius 1 is 0.917 bits per heavy atom. The molecule has 0 aliphatic rings. The molecule has 0 N–H and O–H groups in total. The van der Waals surface area contributed by atoms with E-state index in [2.05, 4.69) is 4.74 Å². The van der Waals surface area contributed by atoms with Crippen molar-refractivity contribution in [2.45, 2.75) is 0 Å². The lowest BCUT2D eigenvalue weighted by molar-refractivity contribution is -0.136. The van der Waals surface area contributed by atoms with E-state index in [1.807, 2.05) is 36.4 Å². The molecule has 0 amide bonds. The highest BCUT2D eigenvalue weighted by molar-refractivity contribution is 5.90. The van der Waals surface area contributed by atoms with Gasteiger partial charge in [0.05, 0.1) is 12.7 Å². The lowest BCUT2D eigenvalue weighted by Gasteiger charge is -2.00. The minimum absolute atomic E-state index is 0.208. The highest BCUT2D eigenvalue weighted by Gasteiger charge is 2.03. The zero-order valence-electron chi connectivity index (χ0n) is 13.3. The van der Waals surface area contributed by atoms with Crippen LogP contribution >= 0.6 is 0 Å². The van der Waals surface area contributed by atoms with Gasteiger partial charge in [-0.1, -0.05) is 48.5 Å². The van der Waals surface area contributed by atoms with Crippen LogP contribution in [0.3, 0.4) is 0 Å². The summed E-state index contributed by atoms with van der Waals surface area (Å²) in [5.41, 5.74) is 2.30. The van der Waals surface area contributed by atoms with Crippen LogP contribution < -0.4 is 0 Å². The summed E-state index contributed by atoms with van der Waals surface area (Å²) in [4.78, 5) is 23.0. The number of carbonyl (C=O) groups is 2. The molecule has 0 fully saturated rings. The van der Waals surface area contributed by atoms with Crippen LogP contribution in [-0.4, -0.2) is 25.7 Å². The zero-order chi connectivity index (χ0) is 17.2. The number of hydrogen-bond acceptors (Lipinski definition) is 4. The quantitative estimate of drug-likeness (QED) is 0.600. The summed E-state index contributed by atoms with van der Waals surface area (Å²) >= 11 is 0. The number of rotatable bonds is 6. The highest BCUT2D eigenvalue weighted by atomic mass is 16.5. The SMILES string of the molecule is COC(=O)c1ccc(/C=C/C(=O)OC/C=C/c2ccccc2)cc1. The molecule has 4 nitrogen and oxygen atoms in total. The normalized spacial score (nSPS) is 10.9. The lowest BCUT2D eigenvalue weighted by atomic mass is 10.1. The average Bonchev–Trinajstić information content (AvgIpc) is 2.64. The molecule has 0 bridgehead atoms. The lowest BCUT2D eigenvalue weighted by Crippen LogP contribution is -2.01. The fraction of sp³-hybridized carbons (Fsp3) is 0.100. The van der Waals surface area contributed by atoms with E-state index >= 15 is 0 Å². The van der Waals surface area contributed by atoms with Gasteiger partial charge in [0.15, 0.2) is 0 Å². The second-order valence-corrected chi connectivity index (χ2v) is 4.89. The summed E-state index contributed by atoms with van der Waals surface area (Å²) in [5, 5.41) is 0. The van der Waals surface area contributed by atoms with E-state index in [4.69, 9.17) is 4.74 Å². The predicted octanol–water partition coefficient (Wildman–Crippen LogP) is 3.74. The summed E-state index contributed by atoms with van der Waals surface area (Å²) in [7, 11) is 1.33. The monoisotopic (exact) mass is 322 g/mol. The summed E-state index contributed by atoms with van der Waals surface area (Å²) in [6.45, 7) is 0.208. The van der Waals surface area contributed by atoms with Crippen LogP contribution in [0.2, 0.25) is 0 Å². The van der Waals surface area contributed by atoms with Gasteiger partial charge >= 0.3 is 11.9 Å². The molecule has 24 heavy (non-hydrogen) atoms. The molecule has 4 heteroatoms. The Balaban J connectivity index is 1.80. The fourth-order valence-corrected chi connectivity index (χ4v) is 1.94. The summed E-state index contributed by atoms with van der Waals surface area (Å²) in [6.07, 6.45) is 6.66. The van der Waals surface area contributed by atoms with Crippen molar-refractivity contribution in [1.82, 2.24) is 0 Å². The van der Waals surface area contributed by atoms with Crippen molar-refractivity contribution in [1.29, 1.82) is 0 Å². The Hall–Kier alpha value is -3.14. The number of ether oxygens (including phenoxy) is 2. The largest absolute Gasteiger partial charge is 0.465 e. The van der Waals surface area contributed by atoms with Crippen LogP contribution in [0.15, 0.2) is 66.7 Å². The topological polar surface area (TPSA) is 52.6 Å². The molecular weight excluding hydrogens is 304 g/mol. The molecule has 0 heterocycles. The van der Waals surface area contributed by atoms with E-state index in [9.17, 15) is 9.59 Å². The smallest absolute Gasteiger partial charge is 0.337 e. The molecular formula is C20H18O4. The average molecular weight is 322 g/mol. The molecule has 0 radical (unpaired) electrons. The fourth-order valence-electron chi connectivity index (χ4n) is 1.94. The van der Waals surface area contributed by atoms with Crippen molar-refractivity contribution < 1.29 is 19.1 Å². The number of hydrogen-bond donors (Lipinski definition) is 0. The highest BCUT2D eigenvalue weighted by Crippen LogP contribution is 2.07. The first-order valence-electron chi connectivity index (χ1n) is 7.44. The van der Waals surface area contributed by atoms with Gasteiger partial charge in [0.1, 0.15) is 6.61 Å². The molecule has 0 unspecified atom stereocenters. The van der Waals surface area contributed by atoms with Crippen molar-refractivity contribution in [3.05, 3.63) is 83.4 Å². The second kappa shape index (κ2) is 9.10. The molecule has 2 aromatic carbocycles. The minimum atomic E-state index is -0.426. The first-order chi connectivity index (χ1) is 11.7. The maximum Gasteiger partial charge on any atom is 0.337 e. The summed E-state index contributed by atoms with van der Waals surface area (Å²) < 4.78 is 9.70. The Morgan fingerprint density at radius 3 is 2.25 bits per heavy atom. The van der Waals surface area contributed by atoms with Gasteiger partial charge in [-0.25, -0.2) is 9.59 Å². The van der Waals surface area contributed by atoms with Crippen molar-refractivity contribution in [2.75, 3.05) is 13.7 Å². The molecule has 0 aliphatic heterocycles. The number of esters is 2. The molecule has 0 aliphatic carbocycles. The van der Waals surface area contributed by atoms with Crippen LogP contribution in [0.5, 0.6) is 0 Å². The van der Waals surface area contributed by atoms with Crippen LogP contribution in [0.1, 0.15) is 21.5 Å². The third kappa shape index (κ3) is 5.57. The summed E-state index contributed by atoms with van der Waals surface area (Å²) in [5.74, 6) is -0.820. The van der Waals surface area contributed by atoms with Gasteiger partial charge in [-0.05, 0) is 35.4 Å². The Kier molecular flexibility index (Phi) is 6.53. The third-order valence-corrected chi connectivity index (χ3v) is 3.18. The van der Waals surface area contributed by atoms with Crippen LogP contribution in [0.25, 0.3) is 12.2 Å². The van der Waals surface area contributed by atoms with Crippen LogP contribution in [0, 0.1) is 0 Å². The van der Waals surface area contributed by atoms with E-state index in [0.717, 1.165) is 11.1 Å². The van der Waals surface area contributed by atoms with E-state index < -0.39 is 11.9 Å². The van der Waals surface area contributed by atoms with E-state index in [1.165, 1.54) is 13.2 Å². The molecule has 0 spiro atoms. The van der Waals surface area contributed by atoms with Crippen LogP contribution in [0.4, 0.5) is 0 Å². The molecule has 122 valence electrons. The van der Waals surface area contributed by atoms with Crippen molar-refractivity contribution >= 4 is 24.1 Å². The van der Waals surface area contributed by atoms with Crippen molar-refractivity contribution in [3.8, 4) is 0 Å². The first-order valence-corrected chi connectivity index (χ1v) is 7.44. The maximum atomic E-state index is 11.6. The van der Waals surface area contributed by atoms with Gasteiger partial charge in [0, 0.05) is 6.08 Å². The number of carbonyl (C=O) groups excluding carboxylic acids is 2. The van der Waals surface area contributed by atoms with Gasteiger partial charge in [0.2, 0.25) is 0 Å². The Morgan fingerprint density at radius 2 is 1.58 bits per heavy atom. The van der Waals surface area contributed by atoms with E-state index in [1.54, 1.807) is 36.4 Å². The zero-order valence-corrected chi connectivity index (χ0v) is 13.3. The number of benzene rings is 2. The molecule has 0 saturated carbocycles. The maximum absolute atomic E-state index is 11.6.